The molecule has 0 aliphatic rings. The molecular formula is C14H18N2OS. The number of fused-ring (bicyclic) bond motifs is 1. The molecule has 0 aliphatic heterocycles. The summed E-state index contributed by atoms with van der Waals surface area (Å²) >= 11 is 1.53. The smallest absolute Gasteiger partial charge is 0.228 e. The number of aryl methyl sites for hydroxylation is 1. The zero-order chi connectivity index (χ0) is 13.1. The second-order valence-corrected chi connectivity index (χ2v) is 5.65. The molecule has 2 rings (SSSR count). The van der Waals surface area contributed by atoms with Crippen LogP contribution in [0.15, 0.2) is 18.2 Å². The molecule has 0 radical (unpaired) electrons. The number of amides is 1. The van der Waals surface area contributed by atoms with Crippen LogP contribution in [-0.4, -0.2) is 10.9 Å². The molecule has 0 saturated carbocycles. The molecule has 1 aromatic carbocycles. The van der Waals surface area contributed by atoms with Gasteiger partial charge >= 0.3 is 0 Å². The van der Waals surface area contributed by atoms with E-state index < -0.39 is 0 Å². The summed E-state index contributed by atoms with van der Waals surface area (Å²) in [6.45, 7) is 6.08. The van der Waals surface area contributed by atoms with Crippen LogP contribution < -0.4 is 5.32 Å². The van der Waals surface area contributed by atoms with Crippen molar-refractivity contribution < 1.29 is 4.79 Å². The van der Waals surface area contributed by atoms with Crippen LogP contribution in [-0.2, 0) is 4.79 Å². The summed E-state index contributed by atoms with van der Waals surface area (Å²) < 4.78 is 1.12. The summed E-state index contributed by atoms with van der Waals surface area (Å²) in [5, 5.41) is 3.61. The molecule has 0 saturated heterocycles. The van der Waals surface area contributed by atoms with Crippen LogP contribution in [0.5, 0.6) is 0 Å². The second kappa shape index (κ2) is 5.48. The Morgan fingerprint density at radius 1 is 1.50 bits per heavy atom. The Kier molecular flexibility index (Phi) is 3.97. The first-order valence-corrected chi connectivity index (χ1v) is 7.10. The van der Waals surface area contributed by atoms with E-state index >= 15 is 0 Å². The average Bonchev–Trinajstić information content (AvgIpc) is 2.73. The van der Waals surface area contributed by atoms with Gasteiger partial charge in [-0.05, 0) is 25.0 Å². The number of hydrogen-bond donors (Lipinski definition) is 1. The number of hydrogen-bond acceptors (Lipinski definition) is 3. The Morgan fingerprint density at radius 3 is 2.94 bits per heavy atom. The van der Waals surface area contributed by atoms with E-state index in [1.165, 1.54) is 11.3 Å². The predicted octanol–water partition coefficient (Wildman–Crippen LogP) is 3.98. The van der Waals surface area contributed by atoms with Crippen LogP contribution in [0.1, 0.15) is 32.3 Å². The molecule has 18 heavy (non-hydrogen) atoms. The van der Waals surface area contributed by atoms with E-state index in [9.17, 15) is 4.79 Å². The number of rotatable bonds is 4. The zero-order valence-corrected chi connectivity index (χ0v) is 11.8. The number of carbonyl (C=O) groups excluding carboxylic acids is 1. The van der Waals surface area contributed by atoms with Crippen molar-refractivity contribution in [2.75, 3.05) is 5.32 Å². The molecule has 1 heterocycles. The molecule has 0 aliphatic carbocycles. The van der Waals surface area contributed by atoms with Gasteiger partial charge in [-0.3, -0.25) is 4.79 Å². The lowest BCUT2D eigenvalue weighted by Crippen LogP contribution is -2.19. The maximum absolute atomic E-state index is 11.9. The van der Waals surface area contributed by atoms with Gasteiger partial charge in [0.05, 0.1) is 10.2 Å². The summed E-state index contributed by atoms with van der Waals surface area (Å²) in [5.41, 5.74) is 2.13. The molecule has 1 atom stereocenters. The van der Waals surface area contributed by atoms with E-state index in [0.717, 1.165) is 28.6 Å². The normalized spacial score (nSPS) is 12.6. The van der Waals surface area contributed by atoms with Gasteiger partial charge in [0.1, 0.15) is 0 Å². The Hall–Kier alpha value is -1.42. The second-order valence-electron chi connectivity index (χ2n) is 4.62. The van der Waals surface area contributed by atoms with E-state index in [1.54, 1.807) is 0 Å². The molecule has 0 unspecified atom stereocenters. The Labute approximate surface area is 111 Å². The lowest BCUT2D eigenvalue weighted by molar-refractivity contribution is -0.119. The van der Waals surface area contributed by atoms with Crippen LogP contribution in [0.3, 0.4) is 0 Å². The quantitative estimate of drug-likeness (QED) is 0.905. The third-order valence-corrected chi connectivity index (χ3v) is 3.96. The van der Waals surface area contributed by atoms with Crippen molar-refractivity contribution in [3.8, 4) is 0 Å². The van der Waals surface area contributed by atoms with Crippen molar-refractivity contribution in [2.45, 2.75) is 33.6 Å². The topological polar surface area (TPSA) is 42.0 Å². The highest BCUT2D eigenvalue weighted by atomic mass is 32.1. The molecule has 0 spiro atoms. The standard InChI is InChI=1S/C14H18N2OS/c1-4-6-10(3)13(17)16-14-15-12-9(2)7-5-8-11(12)18-14/h5,7-8,10H,4,6H2,1-3H3,(H,15,16,17)/t10-/m1/s1. The molecule has 1 aromatic heterocycles. The summed E-state index contributed by atoms with van der Waals surface area (Å²) in [7, 11) is 0. The molecule has 96 valence electrons. The molecule has 2 aromatic rings. The summed E-state index contributed by atoms with van der Waals surface area (Å²) in [4.78, 5) is 16.4. The molecular weight excluding hydrogens is 244 g/mol. The van der Waals surface area contributed by atoms with Crippen LogP contribution >= 0.6 is 11.3 Å². The lowest BCUT2D eigenvalue weighted by Gasteiger charge is -2.08. The maximum atomic E-state index is 11.9. The number of para-hydroxylation sites is 1. The van der Waals surface area contributed by atoms with Gasteiger partial charge in [0, 0.05) is 5.92 Å². The highest BCUT2D eigenvalue weighted by molar-refractivity contribution is 7.22. The Bertz CT molecular complexity index is 562. The van der Waals surface area contributed by atoms with Crippen LogP contribution in [0.4, 0.5) is 5.13 Å². The minimum Gasteiger partial charge on any atom is -0.302 e. The van der Waals surface area contributed by atoms with Crippen LogP contribution in [0.2, 0.25) is 0 Å². The van der Waals surface area contributed by atoms with Crippen molar-refractivity contribution in [1.29, 1.82) is 0 Å². The molecule has 0 bridgehead atoms. The molecule has 4 heteroatoms. The predicted molar refractivity (Wildman–Crippen MR) is 77.1 cm³/mol. The SMILES string of the molecule is CCC[C@@H](C)C(=O)Nc1nc2c(C)cccc2s1. The highest BCUT2D eigenvalue weighted by Crippen LogP contribution is 2.28. The highest BCUT2D eigenvalue weighted by Gasteiger charge is 2.14. The Morgan fingerprint density at radius 2 is 2.28 bits per heavy atom. The number of benzene rings is 1. The molecule has 3 nitrogen and oxygen atoms in total. The fourth-order valence-electron chi connectivity index (χ4n) is 1.93. The van der Waals surface area contributed by atoms with Gasteiger partial charge in [-0.25, -0.2) is 4.98 Å². The van der Waals surface area contributed by atoms with Crippen LogP contribution in [0.25, 0.3) is 10.2 Å². The number of carbonyl (C=O) groups is 1. The third-order valence-electron chi connectivity index (χ3n) is 3.02. The number of thiazole rings is 1. The first kappa shape index (κ1) is 13.0. The van der Waals surface area contributed by atoms with E-state index in [-0.39, 0.29) is 11.8 Å². The maximum Gasteiger partial charge on any atom is 0.228 e. The minimum absolute atomic E-state index is 0.0445. The van der Waals surface area contributed by atoms with Gasteiger partial charge < -0.3 is 5.32 Å². The summed E-state index contributed by atoms with van der Waals surface area (Å²) in [5.74, 6) is 0.108. The average molecular weight is 262 g/mol. The van der Waals surface area contributed by atoms with Crippen molar-refractivity contribution in [2.24, 2.45) is 5.92 Å². The van der Waals surface area contributed by atoms with Gasteiger partial charge in [0.2, 0.25) is 5.91 Å². The largest absolute Gasteiger partial charge is 0.302 e. The van der Waals surface area contributed by atoms with E-state index in [4.69, 9.17) is 0 Å². The van der Waals surface area contributed by atoms with Gasteiger partial charge in [0.25, 0.3) is 0 Å². The minimum atomic E-state index is 0.0445. The van der Waals surface area contributed by atoms with Gasteiger partial charge in [0.15, 0.2) is 5.13 Å². The number of nitrogens with zero attached hydrogens (tertiary/aromatic N) is 1. The number of anilines is 1. The Balaban J connectivity index is 2.17. The molecule has 0 fully saturated rings. The van der Waals surface area contributed by atoms with E-state index in [1.807, 2.05) is 32.0 Å². The van der Waals surface area contributed by atoms with Crippen molar-refractivity contribution in [3.63, 3.8) is 0 Å². The van der Waals surface area contributed by atoms with Crippen LogP contribution in [0, 0.1) is 12.8 Å². The molecule has 1 amide bonds. The van der Waals surface area contributed by atoms with E-state index in [0.29, 0.717) is 5.13 Å². The monoisotopic (exact) mass is 262 g/mol. The summed E-state index contributed by atoms with van der Waals surface area (Å²) in [6.07, 6.45) is 1.93. The first-order chi connectivity index (χ1) is 8.61. The van der Waals surface area contributed by atoms with E-state index in [2.05, 4.69) is 17.2 Å². The van der Waals surface area contributed by atoms with Crippen molar-refractivity contribution in [3.05, 3.63) is 23.8 Å². The number of nitrogens with one attached hydrogen (secondary N) is 1. The first-order valence-electron chi connectivity index (χ1n) is 6.28. The molecule has 1 N–H and O–H groups in total. The lowest BCUT2D eigenvalue weighted by atomic mass is 10.1. The van der Waals surface area contributed by atoms with Crippen molar-refractivity contribution >= 4 is 32.6 Å². The fraction of sp³-hybridized carbons (Fsp3) is 0.429. The third kappa shape index (κ3) is 2.70. The summed E-state index contributed by atoms with van der Waals surface area (Å²) in [6, 6.07) is 6.08. The zero-order valence-electron chi connectivity index (χ0n) is 11.0. The van der Waals surface area contributed by atoms with Gasteiger partial charge in [-0.2, -0.15) is 0 Å². The van der Waals surface area contributed by atoms with Gasteiger partial charge in [-0.1, -0.05) is 43.7 Å². The van der Waals surface area contributed by atoms with Gasteiger partial charge in [-0.15, -0.1) is 0 Å². The van der Waals surface area contributed by atoms with Crippen molar-refractivity contribution in [1.82, 2.24) is 4.98 Å². The fourth-order valence-corrected chi connectivity index (χ4v) is 2.88. The number of aromatic nitrogens is 1.